The lowest BCUT2D eigenvalue weighted by Gasteiger charge is -2.30. The van der Waals surface area contributed by atoms with E-state index in [0.717, 1.165) is 63.6 Å². The minimum absolute atomic E-state index is 0.0111. The van der Waals surface area contributed by atoms with Gasteiger partial charge in [0.1, 0.15) is 5.82 Å². The van der Waals surface area contributed by atoms with Crippen LogP contribution >= 0.6 is 15.9 Å². The van der Waals surface area contributed by atoms with Crippen LogP contribution in [-0.4, -0.2) is 47.2 Å². The average Bonchev–Trinajstić information content (AvgIpc) is 3.39. The number of rotatable bonds is 5. The molecular formula is C25H29BrN4O2. The summed E-state index contributed by atoms with van der Waals surface area (Å²) in [5, 5.41) is 5.19. The molecule has 2 unspecified atom stereocenters. The number of hydrogen-bond acceptors (Lipinski definition) is 4. The Bertz CT molecular complexity index is 1210. The van der Waals surface area contributed by atoms with E-state index in [9.17, 15) is 4.79 Å². The number of ether oxygens (including phenoxy) is 1. The van der Waals surface area contributed by atoms with Gasteiger partial charge in [0, 0.05) is 33.4 Å². The number of nitrogens with zero attached hydrogens (tertiary/aromatic N) is 2. The second-order valence-electron chi connectivity index (χ2n) is 8.65. The first-order chi connectivity index (χ1) is 15.4. The number of aromatic amines is 1. The number of likely N-dealkylation sites (tertiary alicyclic amines) is 1. The number of aromatic nitrogens is 2. The highest BCUT2D eigenvalue weighted by molar-refractivity contribution is 9.10. The molecule has 6 nitrogen and oxygen atoms in total. The number of alkyl carbamates (subject to hydrolysis) is 1. The summed E-state index contributed by atoms with van der Waals surface area (Å²) in [6.45, 7) is 7.83. The van der Waals surface area contributed by atoms with Crippen molar-refractivity contribution >= 4 is 43.8 Å². The molecule has 0 aliphatic carbocycles. The topological polar surface area (TPSA) is 70.2 Å². The van der Waals surface area contributed by atoms with Crippen LogP contribution in [0.2, 0.25) is 0 Å². The summed E-state index contributed by atoms with van der Waals surface area (Å²) >= 11 is 3.58. The Morgan fingerprint density at radius 2 is 2.19 bits per heavy atom. The molecule has 1 aliphatic heterocycles. The minimum atomic E-state index is -0.384. The Hall–Kier alpha value is -2.56. The van der Waals surface area contributed by atoms with Gasteiger partial charge < -0.3 is 15.0 Å². The number of halogens is 1. The van der Waals surface area contributed by atoms with Crippen LogP contribution < -0.4 is 5.32 Å². The first kappa shape index (κ1) is 22.6. The lowest BCUT2D eigenvalue weighted by atomic mass is 10.0. The molecule has 2 N–H and O–H groups in total. The van der Waals surface area contributed by atoms with E-state index in [1.807, 2.05) is 13.0 Å². The highest BCUT2D eigenvalue weighted by atomic mass is 79.9. The molecule has 1 amide bonds. The van der Waals surface area contributed by atoms with Gasteiger partial charge in [0.25, 0.3) is 0 Å². The van der Waals surface area contributed by atoms with E-state index in [0.29, 0.717) is 5.92 Å². The maximum absolute atomic E-state index is 11.8. The van der Waals surface area contributed by atoms with Gasteiger partial charge in [-0.15, -0.1) is 5.92 Å². The zero-order chi connectivity index (χ0) is 22.8. The number of amides is 1. The quantitative estimate of drug-likeness (QED) is 0.466. The van der Waals surface area contributed by atoms with Crippen molar-refractivity contribution < 1.29 is 9.53 Å². The van der Waals surface area contributed by atoms with E-state index in [1.54, 1.807) is 0 Å². The first-order valence-corrected chi connectivity index (χ1v) is 11.8. The number of methoxy groups -OCH3 is 1. The van der Waals surface area contributed by atoms with Crippen LogP contribution in [0.5, 0.6) is 0 Å². The fourth-order valence-electron chi connectivity index (χ4n) is 4.52. The van der Waals surface area contributed by atoms with Crippen molar-refractivity contribution in [3.05, 3.63) is 40.1 Å². The van der Waals surface area contributed by atoms with Gasteiger partial charge in [-0.1, -0.05) is 41.8 Å². The van der Waals surface area contributed by atoms with Gasteiger partial charge in [0.05, 0.1) is 24.2 Å². The van der Waals surface area contributed by atoms with Crippen molar-refractivity contribution in [2.75, 3.05) is 20.2 Å². The molecule has 2 heterocycles. The zero-order valence-electron chi connectivity index (χ0n) is 19.0. The Labute approximate surface area is 197 Å². The highest BCUT2D eigenvalue weighted by Crippen LogP contribution is 2.35. The summed E-state index contributed by atoms with van der Waals surface area (Å²) in [4.78, 5) is 22.9. The number of carbonyl (C=O) groups excluding carboxylic acids is 1. The lowest BCUT2D eigenvalue weighted by molar-refractivity contribution is 0.150. The third-order valence-corrected chi connectivity index (χ3v) is 6.72. The van der Waals surface area contributed by atoms with Crippen LogP contribution in [-0.2, 0) is 4.74 Å². The molecule has 168 valence electrons. The van der Waals surface area contributed by atoms with E-state index < -0.39 is 0 Å². The summed E-state index contributed by atoms with van der Waals surface area (Å²) in [7, 11) is 1.40. The molecule has 4 rings (SSSR count). The molecule has 3 aromatic rings. The van der Waals surface area contributed by atoms with Gasteiger partial charge in [0.15, 0.2) is 0 Å². The fourth-order valence-corrected chi connectivity index (χ4v) is 4.88. The number of imidazole rings is 1. The second kappa shape index (κ2) is 9.51. The summed E-state index contributed by atoms with van der Waals surface area (Å²) in [6, 6.07) is 8.57. The van der Waals surface area contributed by atoms with E-state index in [1.165, 1.54) is 7.11 Å². The van der Waals surface area contributed by atoms with Crippen LogP contribution in [0.15, 0.2) is 28.7 Å². The van der Waals surface area contributed by atoms with Crippen molar-refractivity contribution in [1.82, 2.24) is 20.2 Å². The van der Waals surface area contributed by atoms with E-state index >= 15 is 0 Å². The number of carbonyl (C=O) groups is 1. The summed E-state index contributed by atoms with van der Waals surface area (Å²) in [6.07, 6.45) is 1.75. The molecule has 1 fully saturated rings. The van der Waals surface area contributed by atoms with Crippen molar-refractivity contribution in [2.24, 2.45) is 5.92 Å². The molecule has 1 aromatic heterocycles. The van der Waals surface area contributed by atoms with Crippen molar-refractivity contribution in [3.63, 3.8) is 0 Å². The molecular weight excluding hydrogens is 468 g/mol. The molecule has 0 saturated carbocycles. The molecule has 0 bridgehead atoms. The number of hydrogen-bond donors (Lipinski definition) is 2. The first-order valence-electron chi connectivity index (χ1n) is 11.0. The van der Waals surface area contributed by atoms with Gasteiger partial charge in [-0.05, 0) is 50.4 Å². The van der Waals surface area contributed by atoms with E-state index in [2.05, 4.69) is 75.0 Å². The smallest absolute Gasteiger partial charge is 0.407 e. The average molecular weight is 497 g/mol. The van der Waals surface area contributed by atoms with Crippen molar-refractivity contribution in [3.8, 4) is 11.8 Å². The normalized spacial score (nSPS) is 17.5. The minimum Gasteiger partial charge on any atom is -0.453 e. The molecule has 2 aromatic carbocycles. The van der Waals surface area contributed by atoms with Crippen LogP contribution in [0.1, 0.15) is 51.0 Å². The van der Waals surface area contributed by atoms with Crippen LogP contribution in [0, 0.1) is 17.8 Å². The zero-order valence-corrected chi connectivity index (χ0v) is 20.5. The van der Waals surface area contributed by atoms with Gasteiger partial charge in [-0.25, -0.2) is 9.78 Å². The second-order valence-corrected chi connectivity index (χ2v) is 9.56. The Balaban J connectivity index is 1.70. The predicted molar refractivity (Wildman–Crippen MR) is 132 cm³/mol. The summed E-state index contributed by atoms with van der Waals surface area (Å²) in [5.41, 5.74) is 2.98. The number of fused-ring (bicyclic) bond motifs is 3. The summed E-state index contributed by atoms with van der Waals surface area (Å²) in [5.74, 6) is 7.54. The van der Waals surface area contributed by atoms with Gasteiger partial charge in [-0.3, -0.25) is 4.90 Å². The molecule has 1 saturated heterocycles. The lowest BCUT2D eigenvalue weighted by Crippen LogP contribution is -2.46. The monoisotopic (exact) mass is 496 g/mol. The van der Waals surface area contributed by atoms with Gasteiger partial charge in [-0.2, -0.15) is 0 Å². The SMILES string of the molecule is CC#Cc1cc2[nH]c(C3CCCN3CC(NC(=O)OC)C(C)C)nc2c2ccc(Br)cc12. The maximum atomic E-state index is 11.8. The fraction of sp³-hybridized carbons (Fsp3) is 0.440. The highest BCUT2D eigenvalue weighted by Gasteiger charge is 2.32. The number of H-pyrrole nitrogens is 1. The standard InChI is InChI=1S/C25H29BrN4O2/c1-5-7-16-12-20-23(18-10-9-17(26)13-19(16)18)29-24(27-20)22-8-6-11-30(22)14-21(15(2)3)28-25(31)32-4/h9-10,12-13,15,21-22H,6,8,11,14H2,1-4H3,(H,27,29)(H,28,31). The molecule has 7 heteroatoms. The van der Waals surface area contributed by atoms with Crippen LogP contribution in [0.4, 0.5) is 4.79 Å². The number of nitrogens with one attached hydrogen (secondary N) is 2. The van der Waals surface area contributed by atoms with Crippen molar-refractivity contribution in [2.45, 2.75) is 45.7 Å². The third-order valence-electron chi connectivity index (χ3n) is 6.23. The molecule has 1 aliphatic rings. The van der Waals surface area contributed by atoms with Gasteiger partial charge in [0.2, 0.25) is 0 Å². The largest absolute Gasteiger partial charge is 0.453 e. The Morgan fingerprint density at radius 1 is 1.38 bits per heavy atom. The van der Waals surface area contributed by atoms with E-state index in [-0.39, 0.29) is 18.2 Å². The van der Waals surface area contributed by atoms with Crippen LogP contribution in [0.25, 0.3) is 21.8 Å². The molecule has 2 atom stereocenters. The predicted octanol–water partition coefficient (Wildman–Crippen LogP) is 5.37. The Kier molecular flexibility index (Phi) is 6.73. The maximum Gasteiger partial charge on any atom is 0.407 e. The van der Waals surface area contributed by atoms with Gasteiger partial charge >= 0.3 is 6.09 Å². The van der Waals surface area contributed by atoms with E-state index in [4.69, 9.17) is 9.72 Å². The van der Waals surface area contributed by atoms with Crippen molar-refractivity contribution in [1.29, 1.82) is 0 Å². The molecule has 0 radical (unpaired) electrons. The molecule has 0 spiro atoms. The number of benzene rings is 2. The third kappa shape index (κ3) is 4.48. The van der Waals surface area contributed by atoms with Crippen LogP contribution in [0.3, 0.4) is 0 Å². The Morgan fingerprint density at radius 3 is 2.91 bits per heavy atom. The molecule has 32 heavy (non-hydrogen) atoms. The summed E-state index contributed by atoms with van der Waals surface area (Å²) < 4.78 is 5.85.